The first-order valence-electron chi connectivity index (χ1n) is 6.70. The zero-order chi connectivity index (χ0) is 14.8. The number of benzene rings is 1. The topological polar surface area (TPSA) is 44.8 Å². The summed E-state index contributed by atoms with van der Waals surface area (Å²) >= 11 is 0. The SMILES string of the molecule is CCOC(=O)/C=C1/OC(C)(C)Cc2cc(OC)ccc21. The van der Waals surface area contributed by atoms with Gasteiger partial charge in [0, 0.05) is 12.0 Å². The van der Waals surface area contributed by atoms with Crippen LogP contribution in [0.15, 0.2) is 24.3 Å². The van der Waals surface area contributed by atoms with E-state index in [2.05, 4.69) is 0 Å². The minimum Gasteiger partial charge on any atom is -0.497 e. The maximum atomic E-state index is 11.7. The number of carbonyl (C=O) groups is 1. The lowest BCUT2D eigenvalue weighted by atomic mass is 9.90. The highest BCUT2D eigenvalue weighted by Gasteiger charge is 2.30. The lowest BCUT2D eigenvalue weighted by Gasteiger charge is -2.34. The average molecular weight is 276 g/mol. The Labute approximate surface area is 119 Å². The van der Waals surface area contributed by atoms with Crippen LogP contribution in [-0.4, -0.2) is 25.3 Å². The predicted octanol–water partition coefficient (Wildman–Crippen LogP) is 2.95. The largest absolute Gasteiger partial charge is 0.497 e. The van der Waals surface area contributed by atoms with Gasteiger partial charge in [-0.15, -0.1) is 0 Å². The van der Waals surface area contributed by atoms with Gasteiger partial charge in [-0.3, -0.25) is 0 Å². The summed E-state index contributed by atoms with van der Waals surface area (Å²) in [5.41, 5.74) is 1.66. The Morgan fingerprint density at radius 2 is 2.20 bits per heavy atom. The van der Waals surface area contributed by atoms with Crippen LogP contribution in [0.2, 0.25) is 0 Å². The van der Waals surface area contributed by atoms with Gasteiger partial charge in [-0.25, -0.2) is 4.79 Å². The van der Waals surface area contributed by atoms with Gasteiger partial charge >= 0.3 is 5.97 Å². The number of esters is 1. The van der Waals surface area contributed by atoms with Gasteiger partial charge in [-0.2, -0.15) is 0 Å². The molecule has 0 fully saturated rings. The van der Waals surface area contributed by atoms with Crippen molar-refractivity contribution in [3.05, 3.63) is 35.4 Å². The summed E-state index contributed by atoms with van der Waals surface area (Å²) in [5, 5.41) is 0. The fourth-order valence-electron chi connectivity index (χ4n) is 2.33. The molecule has 0 saturated carbocycles. The summed E-state index contributed by atoms with van der Waals surface area (Å²) in [4.78, 5) is 11.7. The van der Waals surface area contributed by atoms with Crippen molar-refractivity contribution in [2.24, 2.45) is 0 Å². The van der Waals surface area contributed by atoms with Gasteiger partial charge in [-0.05, 0) is 44.5 Å². The molecule has 1 aliphatic rings. The molecule has 0 bridgehead atoms. The highest BCUT2D eigenvalue weighted by molar-refractivity contribution is 5.90. The fraction of sp³-hybridized carbons (Fsp3) is 0.438. The maximum Gasteiger partial charge on any atom is 0.334 e. The van der Waals surface area contributed by atoms with Crippen molar-refractivity contribution in [2.45, 2.75) is 32.8 Å². The lowest BCUT2D eigenvalue weighted by Crippen LogP contribution is -2.31. The summed E-state index contributed by atoms with van der Waals surface area (Å²) in [6.45, 7) is 6.12. The third-order valence-corrected chi connectivity index (χ3v) is 3.12. The minimum atomic E-state index is -0.387. The Morgan fingerprint density at radius 1 is 1.45 bits per heavy atom. The number of hydrogen-bond acceptors (Lipinski definition) is 4. The Morgan fingerprint density at radius 3 is 2.85 bits per heavy atom. The van der Waals surface area contributed by atoms with Gasteiger partial charge in [0.25, 0.3) is 0 Å². The zero-order valence-corrected chi connectivity index (χ0v) is 12.4. The van der Waals surface area contributed by atoms with Crippen molar-refractivity contribution < 1.29 is 19.0 Å². The molecule has 1 aromatic rings. The second-order valence-electron chi connectivity index (χ2n) is 5.32. The molecule has 0 N–H and O–H groups in total. The Bertz CT molecular complexity index is 543. The summed E-state index contributed by atoms with van der Waals surface area (Å²) < 4.78 is 16.1. The highest BCUT2D eigenvalue weighted by atomic mass is 16.5. The Balaban J connectivity index is 2.43. The van der Waals surface area contributed by atoms with Gasteiger partial charge < -0.3 is 14.2 Å². The zero-order valence-electron chi connectivity index (χ0n) is 12.4. The number of carbonyl (C=O) groups excluding carboxylic acids is 1. The molecule has 0 amide bonds. The summed E-state index contributed by atoms with van der Waals surface area (Å²) in [6.07, 6.45) is 2.18. The van der Waals surface area contributed by atoms with E-state index >= 15 is 0 Å². The molecule has 0 atom stereocenters. The first kappa shape index (κ1) is 14.4. The van der Waals surface area contributed by atoms with E-state index < -0.39 is 0 Å². The van der Waals surface area contributed by atoms with Gasteiger partial charge in [0.1, 0.15) is 17.1 Å². The third-order valence-electron chi connectivity index (χ3n) is 3.12. The molecule has 0 aromatic heterocycles. The van der Waals surface area contributed by atoms with E-state index in [0.717, 1.165) is 23.3 Å². The predicted molar refractivity (Wildman–Crippen MR) is 76.5 cm³/mol. The van der Waals surface area contributed by atoms with Crippen LogP contribution in [0.4, 0.5) is 0 Å². The highest BCUT2D eigenvalue weighted by Crippen LogP contribution is 2.36. The van der Waals surface area contributed by atoms with Gasteiger partial charge in [-0.1, -0.05) is 0 Å². The molecule has 4 heteroatoms. The molecule has 0 unspecified atom stereocenters. The normalized spacial score (nSPS) is 18.1. The van der Waals surface area contributed by atoms with Crippen LogP contribution in [-0.2, 0) is 20.7 Å². The first-order valence-corrected chi connectivity index (χ1v) is 6.70. The molecule has 1 aliphatic heterocycles. The Hall–Kier alpha value is -1.97. The van der Waals surface area contributed by atoms with Crippen molar-refractivity contribution in [2.75, 3.05) is 13.7 Å². The van der Waals surface area contributed by atoms with Gasteiger partial charge in [0.15, 0.2) is 0 Å². The van der Waals surface area contributed by atoms with Crippen LogP contribution >= 0.6 is 0 Å². The van der Waals surface area contributed by atoms with Crippen LogP contribution in [0.5, 0.6) is 5.75 Å². The molecule has 108 valence electrons. The van der Waals surface area contributed by atoms with Crippen molar-refractivity contribution in [1.29, 1.82) is 0 Å². The van der Waals surface area contributed by atoms with Crippen molar-refractivity contribution in [1.82, 2.24) is 0 Å². The Kier molecular flexibility index (Phi) is 4.02. The molecule has 0 saturated heterocycles. The average Bonchev–Trinajstić information content (AvgIpc) is 2.36. The van der Waals surface area contributed by atoms with E-state index in [9.17, 15) is 4.79 Å². The standard InChI is InChI=1S/C16H20O4/c1-5-19-15(17)9-14-13-7-6-12(18-4)8-11(13)10-16(2,3)20-14/h6-9H,5,10H2,1-4H3/b14-9+. The molecule has 0 spiro atoms. The van der Waals surface area contributed by atoms with Crippen LogP contribution < -0.4 is 4.74 Å². The van der Waals surface area contributed by atoms with E-state index in [-0.39, 0.29) is 11.6 Å². The monoisotopic (exact) mass is 276 g/mol. The smallest absolute Gasteiger partial charge is 0.334 e. The van der Waals surface area contributed by atoms with Crippen molar-refractivity contribution in [3.63, 3.8) is 0 Å². The molecule has 1 aromatic carbocycles. The number of ether oxygens (including phenoxy) is 3. The van der Waals surface area contributed by atoms with Crippen LogP contribution in [0.25, 0.3) is 5.76 Å². The molecule has 2 rings (SSSR count). The van der Waals surface area contributed by atoms with Crippen molar-refractivity contribution >= 4 is 11.7 Å². The molecular formula is C16H20O4. The molecule has 20 heavy (non-hydrogen) atoms. The minimum absolute atomic E-state index is 0.349. The van der Waals surface area contributed by atoms with Gasteiger partial charge in [0.2, 0.25) is 0 Å². The van der Waals surface area contributed by atoms with E-state index in [1.165, 1.54) is 6.08 Å². The maximum absolute atomic E-state index is 11.7. The molecule has 4 nitrogen and oxygen atoms in total. The number of fused-ring (bicyclic) bond motifs is 1. The van der Waals surface area contributed by atoms with Crippen molar-refractivity contribution in [3.8, 4) is 5.75 Å². The quantitative estimate of drug-likeness (QED) is 0.629. The first-order chi connectivity index (χ1) is 9.45. The lowest BCUT2D eigenvalue weighted by molar-refractivity contribution is -0.137. The molecule has 0 radical (unpaired) electrons. The van der Waals surface area contributed by atoms with Crippen LogP contribution in [0, 0.1) is 0 Å². The van der Waals surface area contributed by atoms with E-state index in [1.54, 1.807) is 14.0 Å². The number of methoxy groups -OCH3 is 1. The van der Waals surface area contributed by atoms with E-state index in [4.69, 9.17) is 14.2 Å². The van der Waals surface area contributed by atoms with Crippen LogP contribution in [0.3, 0.4) is 0 Å². The van der Waals surface area contributed by atoms with Crippen LogP contribution in [0.1, 0.15) is 31.9 Å². The van der Waals surface area contributed by atoms with Gasteiger partial charge in [0.05, 0.1) is 19.8 Å². The van der Waals surface area contributed by atoms with E-state index in [1.807, 2.05) is 32.0 Å². The second-order valence-corrected chi connectivity index (χ2v) is 5.32. The summed E-state index contributed by atoms with van der Waals surface area (Å²) in [5.74, 6) is 0.969. The van der Waals surface area contributed by atoms with E-state index in [0.29, 0.717) is 12.4 Å². The molecule has 0 aliphatic carbocycles. The molecule has 1 heterocycles. The number of rotatable bonds is 3. The number of hydrogen-bond donors (Lipinski definition) is 0. The summed E-state index contributed by atoms with van der Waals surface area (Å²) in [6, 6.07) is 5.76. The third kappa shape index (κ3) is 3.13. The molecular weight excluding hydrogens is 256 g/mol. The second kappa shape index (κ2) is 5.57. The summed E-state index contributed by atoms with van der Waals surface area (Å²) in [7, 11) is 1.64. The fourth-order valence-corrected chi connectivity index (χ4v) is 2.33.